The van der Waals surface area contributed by atoms with Crippen molar-refractivity contribution in [2.75, 3.05) is 13.1 Å². The molecule has 0 bridgehead atoms. The van der Waals surface area contributed by atoms with Crippen molar-refractivity contribution in [3.63, 3.8) is 0 Å². The maximum absolute atomic E-state index is 4.20. The van der Waals surface area contributed by atoms with Gasteiger partial charge in [0.25, 0.3) is 0 Å². The Kier molecular flexibility index (Phi) is 5.16. The average Bonchev–Trinajstić information content (AvgIpc) is 2.92. The van der Waals surface area contributed by atoms with Crippen molar-refractivity contribution in [1.29, 1.82) is 0 Å². The number of aromatic nitrogens is 2. The van der Waals surface area contributed by atoms with E-state index in [9.17, 15) is 0 Å². The molecule has 2 aromatic rings. The van der Waals surface area contributed by atoms with Crippen molar-refractivity contribution >= 4 is 0 Å². The number of hydrogen-bond acceptors (Lipinski definition) is 2. The van der Waals surface area contributed by atoms with Crippen LogP contribution in [0.5, 0.6) is 0 Å². The lowest BCUT2D eigenvalue weighted by Gasteiger charge is -2.21. The second-order valence-electron chi connectivity index (χ2n) is 4.80. The average molecular weight is 257 g/mol. The molecule has 0 N–H and O–H groups in total. The molecular weight excluding hydrogens is 234 g/mol. The van der Waals surface area contributed by atoms with Crippen molar-refractivity contribution in [2.45, 2.75) is 33.2 Å². The van der Waals surface area contributed by atoms with Gasteiger partial charge in [0.1, 0.15) is 0 Å². The summed E-state index contributed by atoms with van der Waals surface area (Å²) in [4.78, 5) is 6.69. The Hall–Kier alpha value is -1.61. The summed E-state index contributed by atoms with van der Waals surface area (Å²) in [6.45, 7) is 7.74. The third kappa shape index (κ3) is 3.67. The number of unbranched alkanes of at least 4 members (excludes halogenated alkanes) is 1. The molecule has 0 saturated carbocycles. The first-order chi connectivity index (χ1) is 9.35. The summed E-state index contributed by atoms with van der Waals surface area (Å²) >= 11 is 0. The summed E-state index contributed by atoms with van der Waals surface area (Å²) < 4.78 is 2.22. The topological polar surface area (TPSA) is 21.1 Å². The van der Waals surface area contributed by atoms with Crippen LogP contribution in [-0.4, -0.2) is 27.5 Å². The fraction of sp³-hybridized carbons (Fsp3) is 0.438. The van der Waals surface area contributed by atoms with E-state index in [1.165, 1.54) is 25.1 Å². The van der Waals surface area contributed by atoms with Crippen molar-refractivity contribution in [1.82, 2.24) is 14.5 Å². The lowest BCUT2D eigenvalue weighted by Crippen LogP contribution is -2.25. The molecule has 2 rings (SSSR count). The number of rotatable bonds is 7. The summed E-state index contributed by atoms with van der Waals surface area (Å²) in [5.74, 6) is 0. The summed E-state index contributed by atoms with van der Waals surface area (Å²) in [6.07, 6.45) is 8.35. The molecule has 0 atom stereocenters. The number of nitrogens with zero attached hydrogens (tertiary/aromatic N) is 3. The molecule has 0 radical (unpaired) electrons. The Morgan fingerprint density at radius 3 is 2.79 bits per heavy atom. The van der Waals surface area contributed by atoms with Gasteiger partial charge in [0.15, 0.2) is 0 Å². The van der Waals surface area contributed by atoms with Gasteiger partial charge in [-0.05, 0) is 43.8 Å². The highest BCUT2D eigenvalue weighted by atomic mass is 15.1. The van der Waals surface area contributed by atoms with E-state index in [0.717, 1.165) is 18.8 Å². The fourth-order valence-corrected chi connectivity index (χ4v) is 2.25. The standard InChI is InChI=1S/C16H23N3/c1-3-5-11-18(4-2)14-16-9-7-12-19(16)15-8-6-10-17-13-15/h6-10,12-13H,3-5,11,14H2,1-2H3. The Labute approximate surface area is 115 Å². The van der Waals surface area contributed by atoms with E-state index in [4.69, 9.17) is 0 Å². The van der Waals surface area contributed by atoms with Gasteiger partial charge in [-0.1, -0.05) is 20.3 Å². The molecule has 0 spiro atoms. The van der Waals surface area contributed by atoms with Crippen LogP contribution in [0.3, 0.4) is 0 Å². The summed E-state index contributed by atoms with van der Waals surface area (Å²) in [5.41, 5.74) is 2.46. The molecule has 0 amide bonds. The highest BCUT2D eigenvalue weighted by Gasteiger charge is 2.08. The molecule has 0 fully saturated rings. The van der Waals surface area contributed by atoms with Crippen LogP contribution >= 0.6 is 0 Å². The van der Waals surface area contributed by atoms with Crippen LogP contribution in [0.4, 0.5) is 0 Å². The van der Waals surface area contributed by atoms with Crippen LogP contribution in [0.2, 0.25) is 0 Å². The van der Waals surface area contributed by atoms with Crippen LogP contribution in [0, 0.1) is 0 Å². The van der Waals surface area contributed by atoms with Gasteiger partial charge in [-0.3, -0.25) is 9.88 Å². The van der Waals surface area contributed by atoms with Gasteiger partial charge in [0, 0.05) is 24.6 Å². The van der Waals surface area contributed by atoms with E-state index in [1.54, 1.807) is 0 Å². The minimum atomic E-state index is 0.998. The molecule has 0 saturated heterocycles. The largest absolute Gasteiger partial charge is 0.318 e. The minimum absolute atomic E-state index is 0.998. The summed E-state index contributed by atoms with van der Waals surface area (Å²) in [7, 11) is 0. The van der Waals surface area contributed by atoms with Crippen LogP contribution in [0.15, 0.2) is 42.9 Å². The van der Waals surface area contributed by atoms with E-state index >= 15 is 0 Å². The van der Waals surface area contributed by atoms with Crippen molar-refractivity contribution in [3.8, 4) is 5.69 Å². The Bertz CT molecular complexity index is 476. The van der Waals surface area contributed by atoms with Gasteiger partial charge >= 0.3 is 0 Å². The van der Waals surface area contributed by atoms with E-state index in [2.05, 4.69) is 52.7 Å². The predicted octanol–water partition coefficient (Wildman–Crippen LogP) is 3.49. The highest BCUT2D eigenvalue weighted by molar-refractivity contribution is 5.31. The molecule has 3 heteroatoms. The van der Waals surface area contributed by atoms with Crippen LogP contribution in [0.1, 0.15) is 32.4 Å². The lowest BCUT2D eigenvalue weighted by atomic mass is 10.3. The molecule has 19 heavy (non-hydrogen) atoms. The van der Waals surface area contributed by atoms with Crippen LogP contribution in [0.25, 0.3) is 5.69 Å². The van der Waals surface area contributed by atoms with Gasteiger partial charge in [-0.2, -0.15) is 0 Å². The molecule has 2 aromatic heterocycles. The maximum atomic E-state index is 4.20. The van der Waals surface area contributed by atoms with E-state index in [0.29, 0.717) is 0 Å². The number of pyridine rings is 1. The summed E-state index contributed by atoms with van der Waals surface area (Å²) in [6, 6.07) is 8.38. The predicted molar refractivity (Wildman–Crippen MR) is 79.4 cm³/mol. The zero-order chi connectivity index (χ0) is 13.5. The first-order valence-electron chi connectivity index (χ1n) is 7.14. The Morgan fingerprint density at radius 1 is 1.21 bits per heavy atom. The van der Waals surface area contributed by atoms with Gasteiger partial charge < -0.3 is 4.57 Å². The molecule has 3 nitrogen and oxygen atoms in total. The Morgan fingerprint density at radius 2 is 2.11 bits per heavy atom. The minimum Gasteiger partial charge on any atom is -0.318 e. The van der Waals surface area contributed by atoms with E-state index in [-0.39, 0.29) is 0 Å². The van der Waals surface area contributed by atoms with Crippen LogP contribution in [-0.2, 0) is 6.54 Å². The SMILES string of the molecule is CCCCN(CC)Cc1cccn1-c1cccnc1. The van der Waals surface area contributed by atoms with Gasteiger partial charge in [0.05, 0.1) is 11.9 Å². The smallest absolute Gasteiger partial charge is 0.0636 e. The first kappa shape index (κ1) is 13.8. The third-order valence-electron chi connectivity index (χ3n) is 3.42. The normalized spacial score (nSPS) is 11.1. The molecular formula is C16H23N3. The highest BCUT2D eigenvalue weighted by Crippen LogP contribution is 2.13. The quantitative estimate of drug-likeness (QED) is 0.757. The zero-order valence-electron chi connectivity index (χ0n) is 11.9. The van der Waals surface area contributed by atoms with Crippen LogP contribution < -0.4 is 0 Å². The number of hydrogen-bond donors (Lipinski definition) is 0. The second-order valence-corrected chi connectivity index (χ2v) is 4.80. The van der Waals surface area contributed by atoms with E-state index < -0.39 is 0 Å². The Balaban J connectivity index is 2.11. The van der Waals surface area contributed by atoms with E-state index in [1.807, 2.05) is 18.5 Å². The van der Waals surface area contributed by atoms with Gasteiger partial charge in [0.2, 0.25) is 0 Å². The van der Waals surface area contributed by atoms with Crippen molar-refractivity contribution < 1.29 is 0 Å². The summed E-state index contributed by atoms with van der Waals surface area (Å²) in [5, 5.41) is 0. The molecule has 0 unspecified atom stereocenters. The monoisotopic (exact) mass is 257 g/mol. The molecule has 0 aliphatic rings. The lowest BCUT2D eigenvalue weighted by molar-refractivity contribution is 0.271. The second kappa shape index (κ2) is 7.10. The van der Waals surface area contributed by atoms with Gasteiger partial charge in [-0.25, -0.2) is 0 Å². The molecule has 102 valence electrons. The molecule has 0 aromatic carbocycles. The van der Waals surface area contributed by atoms with Crippen molar-refractivity contribution in [3.05, 3.63) is 48.5 Å². The molecule has 0 aliphatic carbocycles. The van der Waals surface area contributed by atoms with Crippen molar-refractivity contribution in [2.24, 2.45) is 0 Å². The molecule has 2 heterocycles. The molecule has 0 aliphatic heterocycles. The first-order valence-corrected chi connectivity index (χ1v) is 7.14. The third-order valence-corrected chi connectivity index (χ3v) is 3.42. The zero-order valence-corrected chi connectivity index (χ0v) is 11.9. The fourth-order valence-electron chi connectivity index (χ4n) is 2.25. The maximum Gasteiger partial charge on any atom is 0.0636 e. The van der Waals surface area contributed by atoms with Gasteiger partial charge in [-0.15, -0.1) is 0 Å².